The maximum absolute atomic E-state index is 7.12. The molecule has 1 aliphatic rings. The van der Waals surface area contributed by atoms with Crippen molar-refractivity contribution < 1.29 is 4.74 Å². The Bertz CT molecular complexity index is 3340. The summed E-state index contributed by atoms with van der Waals surface area (Å²) in [7, 11) is 0. The lowest BCUT2D eigenvalue weighted by atomic mass is 9.84. The Labute approximate surface area is 403 Å². The molecule has 0 saturated heterocycles. The molecule has 0 bridgehead atoms. The van der Waals surface area contributed by atoms with Crippen LogP contribution in [-0.4, -0.2) is 16.2 Å². The summed E-state index contributed by atoms with van der Waals surface area (Å²) in [6.45, 7) is 25.8. The van der Waals surface area contributed by atoms with Crippen LogP contribution in [0.1, 0.15) is 104 Å². The van der Waals surface area contributed by atoms with Gasteiger partial charge in [0.1, 0.15) is 24.0 Å². The van der Waals surface area contributed by atoms with Gasteiger partial charge in [-0.2, -0.15) is 0 Å². The van der Waals surface area contributed by atoms with E-state index in [9.17, 15) is 0 Å². The van der Waals surface area contributed by atoms with E-state index in [1.54, 1.807) is 0 Å². The standard InChI is InChI=1S/C63H64N4O/c1-41(2)52-21-15-16-22-53(52)44-33-49(38-51(34-44)68-50-26-27-55-54-23-17-18-24-56(54)67(58(55)39-50)60-37-46(29-30-64-60)62(6,7)8)65-40-66(59-36-45(61(3,4)5)25-28-57(59)65)48-32-43(42-19-13-12-14-20-42)31-47(35-48)63(9,10)11/h12-39,41H,40H2,1-11H3. The van der Waals surface area contributed by atoms with Crippen LogP contribution in [0.3, 0.4) is 0 Å². The first-order chi connectivity index (χ1) is 32.4. The van der Waals surface area contributed by atoms with Gasteiger partial charge >= 0.3 is 0 Å². The monoisotopic (exact) mass is 893 g/mol. The Morgan fingerprint density at radius 3 is 1.87 bits per heavy atom. The van der Waals surface area contributed by atoms with Crippen molar-refractivity contribution >= 4 is 44.6 Å². The molecule has 68 heavy (non-hydrogen) atoms. The third-order valence-electron chi connectivity index (χ3n) is 13.7. The summed E-state index contributed by atoms with van der Waals surface area (Å²) in [5, 5.41) is 2.34. The molecule has 1 aliphatic heterocycles. The molecular formula is C63H64N4O. The largest absolute Gasteiger partial charge is 0.457 e. The van der Waals surface area contributed by atoms with Gasteiger partial charge in [-0.1, -0.05) is 161 Å². The Hall–Kier alpha value is -7.11. The average molecular weight is 893 g/mol. The molecule has 0 fully saturated rings. The van der Waals surface area contributed by atoms with Crippen molar-refractivity contribution in [2.24, 2.45) is 0 Å². The van der Waals surface area contributed by atoms with E-state index in [2.05, 4.69) is 254 Å². The highest BCUT2D eigenvalue weighted by Gasteiger charge is 2.32. The predicted octanol–water partition coefficient (Wildman–Crippen LogP) is 17.6. The van der Waals surface area contributed by atoms with Gasteiger partial charge in [0.2, 0.25) is 0 Å². The van der Waals surface area contributed by atoms with E-state index in [4.69, 9.17) is 9.72 Å². The number of benzene rings is 7. The molecule has 0 atom stereocenters. The second-order valence-corrected chi connectivity index (χ2v) is 22.1. The van der Waals surface area contributed by atoms with Gasteiger partial charge in [-0.25, -0.2) is 4.98 Å². The minimum atomic E-state index is -0.0518. The van der Waals surface area contributed by atoms with Gasteiger partial charge < -0.3 is 14.5 Å². The number of aromatic nitrogens is 2. The molecule has 0 spiro atoms. The van der Waals surface area contributed by atoms with Gasteiger partial charge in [0.05, 0.1) is 22.4 Å². The highest BCUT2D eigenvalue weighted by molar-refractivity contribution is 6.09. The lowest BCUT2D eigenvalue weighted by molar-refractivity contribution is 0.483. The van der Waals surface area contributed by atoms with Crippen molar-refractivity contribution in [3.63, 3.8) is 0 Å². The van der Waals surface area contributed by atoms with Crippen LogP contribution < -0.4 is 14.5 Å². The molecule has 0 unspecified atom stereocenters. The molecule has 9 aromatic rings. The first kappa shape index (κ1) is 44.7. The third kappa shape index (κ3) is 8.44. The zero-order valence-electron chi connectivity index (χ0n) is 41.6. The highest BCUT2D eigenvalue weighted by Crippen LogP contribution is 2.49. The minimum absolute atomic E-state index is 0.0229. The quantitative estimate of drug-likeness (QED) is 0.152. The van der Waals surface area contributed by atoms with E-state index >= 15 is 0 Å². The fourth-order valence-corrected chi connectivity index (χ4v) is 9.79. The summed E-state index contributed by atoms with van der Waals surface area (Å²) in [6, 6.07) is 60.0. The Morgan fingerprint density at radius 2 is 1.12 bits per heavy atom. The van der Waals surface area contributed by atoms with E-state index in [0.717, 1.165) is 50.7 Å². The number of para-hydroxylation sites is 1. The average Bonchev–Trinajstić information content (AvgIpc) is 3.86. The molecule has 0 amide bonds. The summed E-state index contributed by atoms with van der Waals surface area (Å²) in [6.07, 6.45) is 1.93. The summed E-state index contributed by atoms with van der Waals surface area (Å²) < 4.78 is 9.41. The maximum atomic E-state index is 7.12. The summed E-state index contributed by atoms with van der Waals surface area (Å²) in [4.78, 5) is 9.93. The molecule has 10 rings (SSSR count). The van der Waals surface area contributed by atoms with Crippen LogP contribution in [0.25, 0.3) is 49.9 Å². The van der Waals surface area contributed by atoms with E-state index in [1.165, 1.54) is 55.7 Å². The molecular weight excluding hydrogens is 829 g/mol. The normalized spacial score (nSPS) is 13.2. The maximum Gasteiger partial charge on any atom is 0.137 e. The number of hydrogen-bond acceptors (Lipinski definition) is 4. The highest BCUT2D eigenvalue weighted by atomic mass is 16.5. The molecule has 5 heteroatoms. The molecule has 3 heterocycles. The van der Waals surface area contributed by atoms with Crippen molar-refractivity contribution in [3.05, 3.63) is 192 Å². The van der Waals surface area contributed by atoms with Crippen LogP contribution in [-0.2, 0) is 16.2 Å². The van der Waals surface area contributed by atoms with Crippen LogP contribution in [0.2, 0.25) is 0 Å². The number of hydrogen-bond donors (Lipinski definition) is 0. The van der Waals surface area contributed by atoms with Crippen molar-refractivity contribution in [1.29, 1.82) is 0 Å². The van der Waals surface area contributed by atoms with Crippen LogP contribution in [0.15, 0.2) is 170 Å². The van der Waals surface area contributed by atoms with Gasteiger partial charge in [-0.3, -0.25) is 4.57 Å². The fourth-order valence-electron chi connectivity index (χ4n) is 9.79. The number of nitrogens with zero attached hydrogens (tertiary/aromatic N) is 4. The van der Waals surface area contributed by atoms with Crippen molar-refractivity contribution in [2.45, 2.75) is 98.3 Å². The van der Waals surface area contributed by atoms with Crippen LogP contribution in [0, 0.1) is 0 Å². The number of anilines is 4. The van der Waals surface area contributed by atoms with Crippen LogP contribution >= 0.6 is 0 Å². The second kappa shape index (κ2) is 16.9. The molecule has 5 nitrogen and oxygen atoms in total. The van der Waals surface area contributed by atoms with Gasteiger partial charge in [0, 0.05) is 40.5 Å². The predicted molar refractivity (Wildman–Crippen MR) is 288 cm³/mol. The number of rotatable bonds is 8. The summed E-state index contributed by atoms with van der Waals surface area (Å²) in [5.41, 5.74) is 16.6. The first-order valence-corrected chi connectivity index (χ1v) is 24.2. The second-order valence-electron chi connectivity index (χ2n) is 22.1. The van der Waals surface area contributed by atoms with Gasteiger partial charge in [0.25, 0.3) is 0 Å². The number of fused-ring (bicyclic) bond motifs is 4. The van der Waals surface area contributed by atoms with Crippen LogP contribution in [0.5, 0.6) is 11.5 Å². The first-order valence-electron chi connectivity index (χ1n) is 24.2. The Kier molecular flexibility index (Phi) is 11.1. The zero-order valence-corrected chi connectivity index (χ0v) is 41.6. The zero-order chi connectivity index (χ0) is 47.7. The lowest BCUT2D eigenvalue weighted by Crippen LogP contribution is -2.24. The van der Waals surface area contributed by atoms with Crippen LogP contribution in [0.4, 0.5) is 22.7 Å². The SMILES string of the molecule is CC(C)c1ccccc1-c1cc(Oc2ccc3c4ccccc4n(-c4cc(C(C)(C)C)ccn4)c3c2)cc(N2CN(c3cc(-c4ccccc4)cc(C(C)(C)C)c3)c3cc(C(C)(C)C)ccc32)c1. The fraction of sp³-hybridized carbons (Fsp3) is 0.254. The van der Waals surface area contributed by atoms with Gasteiger partial charge in [0.15, 0.2) is 0 Å². The molecule has 342 valence electrons. The van der Waals surface area contributed by atoms with E-state index in [1.807, 2.05) is 6.20 Å². The third-order valence-corrected chi connectivity index (χ3v) is 13.7. The minimum Gasteiger partial charge on any atom is -0.457 e. The topological polar surface area (TPSA) is 33.5 Å². The number of pyridine rings is 1. The molecule has 0 aliphatic carbocycles. The van der Waals surface area contributed by atoms with E-state index in [0.29, 0.717) is 12.6 Å². The van der Waals surface area contributed by atoms with Crippen molar-refractivity contribution in [1.82, 2.24) is 9.55 Å². The Balaban J connectivity index is 1.13. The smallest absolute Gasteiger partial charge is 0.137 e. The van der Waals surface area contributed by atoms with Gasteiger partial charge in [-0.05, 0) is 133 Å². The Morgan fingerprint density at radius 1 is 0.471 bits per heavy atom. The van der Waals surface area contributed by atoms with E-state index < -0.39 is 0 Å². The summed E-state index contributed by atoms with van der Waals surface area (Å²) >= 11 is 0. The molecule has 7 aromatic carbocycles. The molecule has 2 aromatic heterocycles. The van der Waals surface area contributed by atoms with Crippen molar-refractivity contribution in [3.8, 4) is 39.6 Å². The van der Waals surface area contributed by atoms with Gasteiger partial charge in [-0.15, -0.1) is 0 Å². The number of ether oxygens (including phenoxy) is 1. The molecule has 0 radical (unpaired) electrons. The van der Waals surface area contributed by atoms with Crippen molar-refractivity contribution in [2.75, 3.05) is 16.5 Å². The molecule has 0 saturated carbocycles. The van der Waals surface area contributed by atoms with E-state index in [-0.39, 0.29) is 16.2 Å². The lowest BCUT2D eigenvalue weighted by Gasteiger charge is -2.27. The molecule has 0 N–H and O–H groups in total. The summed E-state index contributed by atoms with van der Waals surface area (Å²) in [5.74, 6) is 2.77.